The number of carboxylic acids is 1. The van der Waals surface area contributed by atoms with Gasteiger partial charge in [0.1, 0.15) is 5.82 Å². The molecule has 0 amide bonds. The summed E-state index contributed by atoms with van der Waals surface area (Å²) in [7, 11) is 0. The van der Waals surface area contributed by atoms with Gasteiger partial charge in [-0.1, -0.05) is 26.0 Å². The van der Waals surface area contributed by atoms with Crippen molar-refractivity contribution < 1.29 is 14.3 Å². The Bertz CT molecular complexity index is 661. The van der Waals surface area contributed by atoms with Gasteiger partial charge in [-0.15, -0.1) is 0 Å². The van der Waals surface area contributed by atoms with Crippen LogP contribution in [0.3, 0.4) is 0 Å². The molecule has 1 atom stereocenters. The van der Waals surface area contributed by atoms with Gasteiger partial charge in [0.15, 0.2) is 5.82 Å². The average molecular weight is 320 g/mol. The number of carboxylic acid groups (broad SMARTS) is 1. The number of rotatable bonds is 4. The molecule has 4 nitrogen and oxygen atoms in total. The highest BCUT2D eigenvalue weighted by Crippen LogP contribution is 2.32. The van der Waals surface area contributed by atoms with Crippen molar-refractivity contribution in [2.75, 3.05) is 0 Å². The molecule has 1 aromatic rings. The monoisotopic (exact) mass is 320 g/mol. The van der Waals surface area contributed by atoms with E-state index in [0.29, 0.717) is 11.4 Å². The van der Waals surface area contributed by atoms with Crippen molar-refractivity contribution in [1.29, 1.82) is 0 Å². The van der Waals surface area contributed by atoms with Gasteiger partial charge in [0.05, 0.1) is 12.5 Å². The summed E-state index contributed by atoms with van der Waals surface area (Å²) in [6, 6.07) is 5.61. The van der Waals surface area contributed by atoms with Crippen LogP contribution in [0.4, 0.5) is 4.39 Å². The molecule has 0 saturated carbocycles. The Kier molecular flexibility index (Phi) is 4.96. The lowest BCUT2D eigenvalue weighted by Gasteiger charge is -2.33. The van der Waals surface area contributed by atoms with E-state index >= 15 is 0 Å². The molecule has 1 heterocycles. The summed E-state index contributed by atoms with van der Waals surface area (Å²) < 4.78 is 13.1. The minimum absolute atomic E-state index is 0.0951. The van der Waals surface area contributed by atoms with Crippen molar-refractivity contribution in [2.24, 2.45) is 5.92 Å². The predicted octanol–water partition coefficient (Wildman–Crippen LogP) is 2.88. The third-order valence-corrected chi connectivity index (χ3v) is 3.67. The van der Waals surface area contributed by atoms with E-state index in [2.05, 4.69) is 15.7 Å². The first-order chi connectivity index (χ1) is 10.4. The number of benzene rings is 1. The van der Waals surface area contributed by atoms with Gasteiger partial charge in [0.25, 0.3) is 0 Å². The molecule has 22 heavy (non-hydrogen) atoms. The Morgan fingerprint density at radius 2 is 2.05 bits per heavy atom. The minimum atomic E-state index is -0.918. The molecule has 0 aromatic heterocycles. The zero-order valence-electron chi connectivity index (χ0n) is 12.3. The van der Waals surface area contributed by atoms with E-state index in [1.165, 1.54) is 12.1 Å². The third-order valence-electron chi connectivity index (χ3n) is 3.47. The van der Waals surface area contributed by atoms with Crippen molar-refractivity contribution in [3.8, 4) is 0 Å². The van der Waals surface area contributed by atoms with Gasteiger partial charge >= 0.3 is 5.97 Å². The average Bonchev–Trinajstić information content (AvgIpc) is 2.47. The molecule has 1 unspecified atom stereocenters. The van der Waals surface area contributed by atoms with Crippen LogP contribution in [0.25, 0.3) is 0 Å². The Morgan fingerprint density at radius 1 is 1.41 bits per heavy atom. The van der Waals surface area contributed by atoms with Crippen LogP contribution in [0, 0.1) is 11.7 Å². The number of hydrogen-bond donors (Lipinski definition) is 3. The molecule has 0 saturated heterocycles. The lowest BCUT2D eigenvalue weighted by molar-refractivity contribution is -0.136. The molecular formula is C16H17FN2O2S. The first-order valence-corrected chi connectivity index (χ1v) is 7.32. The zero-order chi connectivity index (χ0) is 16.3. The largest absolute Gasteiger partial charge is 0.481 e. The highest BCUT2D eigenvalue weighted by molar-refractivity contribution is 7.78. The van der Waals surface area contributed by atoms with E-state index in [9.17, 15) is 14.3 Å². The minimum Gasteiger partial charge on any atom is -0.481 e. The van der Waals surface area contributed by atoms with Crippen LogP contribution in [-0.2, 0) is 4.79 Å². The summed E-state index contributed by atoms with van der Waals surface area (Å²) in [4.78, 5) is 11.2. The topological polar surface area (TPSA) is 61.4 Å². The highest BCUT2D eigenvalue weighted by Gasteiger charge is 2.29. The van der Waals surface area contributed by atoms with Crippen LogP contribution >= 0.6 is 12.2 Å². The van der Waals surface area contributed by atoms with Crippen LogP contribution in [-0.4, -0.2) is 16.1 Å². The van der Waals surface area contributed by atoms with Gasteiger partial charge in [-0.25, -0.2) is 4.39 Å². The molecule has 0 radical (unpaired) electrons. The molecule has 6 heteroatoms. The molecule has 1 aliphatic heterocycles. The molecule has 3 N–H and O–H groups in total. The number of hydrogen-bond acceptors (Lipinski definition) is 4. The van der Waals surface area contributed by atoms with Crippen LogP contribution in [0.1, 0.15) is 31.9 Å². The highest BCUT2D eigenvalue weighted by atomic mass is 32.1. The summed E-state index contributed by atoms with van der Waals surface area (Å²) >= 11 is 4.85. The molecule has 116 valence electrons. The van der Waals surface area contributed by atoms with Gasteiger partial charge < -0.3 is 15.7 Å². The normalized spacial score (nSPS) is 17.8. The predicted molar refractivity (Wildman–Crippen MR) is 85.6 cm³/mol. The lowest BCUT2D eigenvalue weighted by Crippen LogP contribution is -2.39. The summed E-state index contributed by atoms with van der Waals surface area (Å²) in [6.45, 7) is 3.94. The van der Waals surface area contributed by atoms with Crippen LogP contribution in [0.15, 0.2) is 41.4 Å². The molecule has 1 aromatic carbocycles. The standard InChI is InChI=1S/C16H17FN2O2S/c1-9(2)15-12(7-14(20)21)16(19-13(8-22)18-15)10-3-5-11(17)6-4-10/h3-6,9,16,18-19H,7H2,1-2H3,(H,20,21). The molecular weight excluding hydrogens is 303 g/mol. The summed E-state index contributed by atoms with van der Waals surface area (Å²) in [6.07, 6.45) is -0.111. The summed E-state index contributed by atoms with van der Waals surface area (Å²) in [5, 5.41) is 18.0. The van der Waals surface area contributed by atoms with E-state index in [1.54, 1.807) is 12.1 Å². The SMILES string of the molecule is CC(C)C1=C(CC(=O)O)C(c2ccc(F)cc2)NC(=C=S)N1. The molecule has 0 bridgehead atoms. The maximum atomic E-state index is 13.1. The number of thiocarbonyl (C=S) groups is 1. The number of aliphatic carboxylic acids is 1. The van der Waals surface area contributed by atoms with E-state index in [4.69, 9.17) is 12.2 Å². The molecule has 0 fully saturated rings. The van der Waals surface area contributed by atoms with Crippen molar-refractivity contribution >= 4 is 23.2 Å². The second kappa shape index (κ2) is 6.73. The second-order valence-electron chi connectivity index (χ2n) is 5.40. The van der Waals surface area contributed by atoms with Crippen LogP contribution in [0.5, 0.6) is 0 Å². The van der Waals surface area contributed by atoms with Crippen LogP contribution < -0.4 is 10.6 Å². The number of nitrogens with one attached hydrogen (secondary N) is 2. The maximum absolute atomic E-state index is 13.1. The fourth-order valence-corrected chi connectivity index (χ4v) is 2.62. The van der Waals surface area contributed by atoms with E-state index in [-0.39, 0.29) is 24.2 Å². The van der Waals surface area contributed by atoms with Gasteiger partial charge in [0.2, 0.25) is 0 Å². The Balaban J connectivity index is 2.55. The van der Waals surface area contributed by atoms with Gasteiger partial charge in [-0.2, -0.15) is 0 Å². The van der Waals surface area contributed by atoms with E-state index in [1.807, 2.05) is 13.8 Å². The number of carbonyl (C=O) groups is 1. The van der Waals surface area contributed by atoms with Gasteiger partial charge in [-0.05, 0) is 46.4 Å². The smallest absolute Gasteiger partial charge is 0.307 e. The lowest BCUT2D eigenvalue weighted by atomic mass is 9.89. The quantitative estimate of drug-likeness (QED) is 0.745. The molecule has 1 aliphatic rings. The van der Waals surface area contributed by atoms with E-state index < -0.39 is 5.97 Å². The van der Waals surface area contributed by atoms with Crippen LogP contribution in [0.2, 0.25) is 0 Å². The molecule has 0 aliphatic carbocycles. The first-order valence-electron chi connectivity index (χ1n) is 6.91. The van der Waals surface area contributed by atoms with Gasteiger partial charge in [-0.3, -0.25) is 4.79 Å². The Morgan fingerprint density at radius 3 is 2.55 bits per heavy atom. The van der Waals surface area contributed by atoms with Gasteiger partial charge in [0, 0.05) is 5.70 Å². The number of halogens is 1. The fraction of sp³-hybridized carbons (Fsp3) is 0.312. The van der Waals surface area contributed by atoms with Crippen molar-refractivity contribution in [2.45, 2.75) is 26.3 Å². The zero-order valence-corrected chi connectivity index (χ0v) is 13.1. The first kappa shape index (κ1) is 16.2. The third kappa shape index (κ3) is 3.53. The van der Waals surface area contributed by atoms with E-state index in [0.717, 1.165) is 11.3 Å². The maximum Gasteiger partial charge on any atom is 0.307 e. The summed E-state index contributed by atoms with van der Waals surface area (Å²) in [5.41, 5.74) is 2.30. The second-order valence-corrected chi connectivity index (χ2v) is 5.60. The summed E-state index contributed by atoms with van der Waals surface area (Å²) in [5.74, 6) is -0.644. The fourth-order valence-electron chi connectivity index (χ4n) is 2.51. The van der Waals surface area contributed by atoms with Crippen molar-refractivity contribution in [3.05, 3.63) is 52.7 Å². The Hall–Kier alpha value is -2.17. The molecule has 0 spiro atoms. The Labute approximate surface area is 133 Å². The van der Waals surface area contributed by atoms with Crippen molar-refractivity contribution in [1.82, 2.24) is 10.6 Å². The molecule has 2 rings (SSSR count). The van der Waals surface area contributed by atoms with Crippen molar-refractivity contribution in [3.63, 3.8) is 0 Å². The number of allylic oxidation sites excluding steroid dienone is 1.